The fourth-order valence-electron chi connectivity index (χ4n) is 1.17. The van der Waals surface area contributed by atoms with Crippen LogP contribution in [0, 0.1) is 11.3 Å². The number of amides is 1. The zero-order valence-corrected chi connectivity index (χ0v) is 10.1. The van der Waals surface area contributed by atoms with Crippen molar-refractivity contribution < 1.29 is 9.90 Å². The number of halogens is 1. The monoisotopic (exact) mass is 282 g/mol. The molecular formula is C11H11BrN2O2. The molecule has 0 fully saturated rings. The van der Waals surface area contributed by atoms with Gasteiger partial charge in [0.15, 0.2) is 0 Å². The number of rotatable bonds is 4. The van der Waals surface area contributed by atoms with Crippen LogP contribution in [0.5, 0.6) is 0 Å². The van der Waals surface area contributed by atoms with Crippen molar-refractivity contribution in [3.63, 3.8) is 0 Å². The molecule has 0 saturated heterocycles. The molecule has 0 aliphatic carbocycles. The molecule has 16 heavy (non-hydrogen) atoms. The van der Waals surface area contributed by atoms with E-state index < -0.39 is 0 Å². The van der Waals surface area contributed by atoms with Gasteiger partial charge >= 0.3 is 0 Å². The zero-order chi connectivity index (χ0) is 12.0. The van der Waals surface area contributed by atoms with E-state index in [0.29, 0.717) is 17.7 Å². The van der Waals surface area contributed by atoms with Crippen LogP contribution >= 0.6 is 15.9 Å². The van der Waals surface area contributed by atoms with Gasteiger partial charge in [0.05, 0.1) is 11.3 Å². The van der Waals surface area contributed by atoms with Gasteiger partial charge in [-0.1, -0.05) is 15.9 Å². The molecule has 0 aliphatic rings. The Balaban J connectivity index is 2.74. The summed E-state index contributed by atoms with van der Waals surface area (Å²) in [5.74, 6) is -0.201. The number of carbonyl (C=O) groups excluding carboxylic acids is 1. The third-order valence-corrected chi connectivity index (χ3v) is 2.43. The van der Waals surface area contributed by atoms with Crippen molar-refractivity contribution in [2.45, 2.75) is 12.8 Å². The van der Waals surface area contributed by atoms with E-state index in [1.807, 2.05) is 6.07 Å². The molecule has 0 bridgehead atoms. The van der Waals surface area contributed by atoms with Crippen LogP contribution in [0.15, 0.2) is 22.7 Å². The molecule has 0 saturated carbocycles. The molecule has 0 atom stereocenters. The van der Waals surface area contributed by atoms with Crippen LogP contribution in [0.3, 0.4) is 0 Å². The van der Waals surface area contributed by atoms with E-state index in [9.17, 15) is 4.79 Å². The minimum atomic E-state index is -0.201. The zero-order valence-electron chi connectivity index (χ0n) is 8.53. The number of nitriles is 1. The fourth-order valence-corrected chi connectivity index (χ4v) is 1.53. The van der Waals surface area contributed by atoms with Gasteiger partial charge in [-0.15, -0.1) is 0 Å². The smallest absolute Gasteiger partial charge is 0.224 e. The molecule has 1 amide bonds. The maximum Gasteiger partial charge on any atom is 0.224 e. The first kappa shape index (κ1) is 12.7. The highest BCUT2D eigenvalue weighted by Gasteiger charge is 2.06. The molecular weight excluding hydrogens is 272 g/mol. The highest BCUT2D eigenvalue weighted by Crippen LogP contribution is 2.20. The number of nitrogens with zero attached hydrogens (tertiary/aromatic N) is 1. The van der Waals surface area contributed by atoms with Crippen LogP contribution in [0.1, 0.15) is 18.4 Å². The minimum Gasteiger partial charge on any atom is -0.396 e. The molecule has 0 aliphatic heterocycles. The Morgan fingerprint density at radius 2 is 2.31 bits per heavy atom. The lowest BCUT2D eigenvalue weighted by Crippen LogP contribution is -2.12. The number of hydrogen-bond acceptors (Lipinski definition) is 3. The topological polar surface area (TPSA) is 73.1 Å². The Morgan fingerprint density at radius 1 is 1.56 bits per heavy atom. The van der Waals surface area contributed by atoms with E-state index in [1.165, 1.54) is 0 Å². The number of aliphatic hydroxyl groups is 1. The van der Waals surface area contributed by atoms with Gasteiger partial charge in [0.1, 0.15) is 6.07 Å². The van der Waals surface area contributed by atoms with Crippen LogP contribution in [0.25, 0.3) is 0 Å². The Bertz CT molecular complexity index is 426. The Labute approximate surface area is 102 Å². The van der Waals surface area contributed by atoms with Gasteiger partial charge in [-0.2, -0.15) is 5.26 Å². The molecule has 0 radical (unpaired) electrons. The highest BCUT2D eigenvalue weighted by molar-refractivity contribution is 9.10. The minimum absolute atomic E-state index is 0.0150. The lowest BCUT2D eigenvalue weighted by atomic mass is 10.2. The van der Waals surface area contributed by atoms with Crippen molar-refractivity contribution >= 4 is 27.5 Å². The SMILES string of the molecule is N#Cc1cc(Br)ccc1NC(=O)CCCO. The van der Waals surface area contributed by atoms with E-state index in [-0.39, 0.29) is 18.9 Å². The van der Waals surface area contributed by atoms with Gasteiger partial charge in [-0.05, 0) is 24.6 Å². The van der Waals surface area contributed by atoms with Gasteiger partial charge in [0.25, 0.3) is 0 Å². The highest BCUT2D eigenvalue weighted by atomic mass is 79.9. The van der Waals surface area contributed by atoms with Crippen molar-refractivity contribution in [1.82, 2.24) is 0 Å². The summed E-state index contributed by atoms with van der Waals surface area (Å²) in [6.07, 6.45) is 0.668. The van der Waals surface area contributed by atoms with Crippen molar-refractivity contribution in [3.8, 4) is 6.07 Å². The Morgan fingerprint density at radius 3 is 2.94 bits per heavy atom. The van der Waals surface area contributed by atoms with E-state index in [2.05, 4.69) is 21.2 Å². The molecule has 0 unspecified atom stereocenters. The second kappa shape index (κ2) is 6.26. The van der Waals surface area contributed by atoms with Gasteiger partial charge in [0.2, 0.25) is 5.91 Å². The van der Waals surface area contributed by atoms with E-state index in [0.717, 1.165) is 4.47 Å². The maximum absolute atomic E-state index is 11.4. The van der Waals surface area contributed by atoms with Crippen molar-refractivity contribution in [1.29, 1.82) is 5.26 Å². The maximum atomic E-state index is 11.4. The molecule has 0 heterocycles. The summed E-state index contributed by atoms with van der Waals surface area (Å²) >= 11 is 3.25. The molecule has 4 nitrogen and oxygen atoms in total. The third-order valence-electron chi connectivity index (χ3n) is 1.94. The average molecular weight is 283 g/mol. The first-order valence-corrected chi connectivity index (χ1v) is 5.57. The van der Waals surface area contributed by atoms with E-state index in [1.54, 1.807) is 18.2 Å². The molecule has 84 valence electrons. The van der Waals surface area contributed by atoms with Crippen LogP contribution in [0.4, 0.5) is 5.69 Å². The van der Waals surface area contributed by atoms with Crippen LogP contribution in [-0.4, -0.2) is 17.6 Å². The first-order valence-electron chi connectivity index (χ1n) is 4.77. The lowest BCUT2D eigenvalue weighted by molar-refractivity contribution is -0.116. The van der Waals surface area contributed by atoms with Crippen LogP contribution < -0.4 is 5.32 Å². The van der Waals surface area contributed by atoms with Crippen molar-refractivity contribution in [2.75, 3.05) is 11.9 Å². The molecule has 0 aromatic heterocycles. The molecule has 1 aromatic rings. The van der Waals surface area contributed by atoms with E-state index >= 15 is 0 Å². The molecule has 1 rings (SSSR count). The predicted molar refractivity (Wildman–Crippen MR) is 63.8 cm³/mol. The Kier molecular flexibility index (Phi) is 4.96. The van der Waals surface area contributed by atoms with Crippen molar-refractivity contribution in [2.24, 2.45) is 0 Å². The number of benzene rings is 1. The van der Waals surface area contributed by atoms with Crippen LogP contribution in [-0.2, 0) is 4.79 Å². The number of nitrogens with one attached hydrogen (secondary N) is 1. The number of carbonyl (C=O) groups is 1. The number of hydrogen-bond donors (Lipinski definition) is 2. The second-order valence-electron chi connectivity index (χ2n) is 3.18. The van der Waals surface area contributed by atoms with Crippen molar-refractivity contribution in [3.05, 3.63) is 28.2 Å². The molecule has 2 N–H and O–H groups in total. The average Bonchev–Trinajstić information content (AvgIpc) is 2.28. The first-order chi connectivity index (χ1) is 7.67. The van der Waals surface area contributed by atoms with Gasteiger partial charge < -0.3 is 10.4 Å². The molecule has 0 spiro atoms. The largest absolute Gasteiger partial charge is 0.396 e. The summed E-state index contributed by atoms with van der Waals surface area (Å²) in [6, 6.07) is 7.06. The summed E-state index contributed by atoms with van der Waals surface area (Å²) < 4.78 is 0.789. The third kappa shape index (κ3) is 3.65. The van der Waals surface area contributed by atoms with Gasteiger partial charge in [-0.3, -0.25) is 4.79 Å². The second-order valence-corrected chi connectivity index (χ2v) is 4.09. The molecule has 1 aromatic carbocycles. The standard InChI is InChI=1S/C11H11BrN2O2/c12-9-3-4-10(8(6-9)7-13)14-11(16)2-1-5-15/h3-4,6,15H,1-2,5H2,(H,14,16). The van der Waals surface area contributed by atoms with Crippen LogP contribution in [0.2, 0.25) is 0 Å². The summed E-state index contributed by atoms with van der Waals surface area (Å²) in [6.45, 7) is -0.0150. The number of anilines is 1. The fraction of sp³-hybridized carbons (Fsp3) is 0.273. The lowest BCUT2D eigenvalue weighted by Gasteiger charge is -2.06. The van der Waals surface area contributed by atoms with Gasteiger partial charge in [-0.25, -0.2) is 0 Å². The summed E-state index contributed by atoms with van der Waals surface area (Å²) in [5, 5.41) is 20.1. The quantitative estimate of drug-likeness (QED) is 0.888. The molecule has 5 heteroatoms. The number of aliphatic hydroxyl groups excluding tert-OH is 1. The summed E-state index contributed by atoms with van der Waals surface area (Å²) in [4.78, 5) is 11.4. The summed E-state index contributed by atoms with van der Waals surface area (Å²) in [7, 11) is 0. The predicted octanol–water partition coefficient (Wildman–Crippen LogP) is 2.03. The Hall–Kier alpha value is -1.38. The van der Waals surface area contributed by atoms with Gasteiger partial charge in [0, 0.05) is 17.5 Å². The summed E-state index contributed by atoms with van der Waals surface area (Å²) in [5.41, 5.74) is 0.903. The van der Waals surface area contributed by atoms with E-state index in [4.69, 9.17) is 10.4 Å². The normalized spacial score (nSPS) is 9.56.